The van der Waals surface area contributed by atoms with E-state index >= 15 is 0 Å². The fraction of sp³-hybridized carbons (Fsp3) is 0.154. The number of phenolic OH excluding ortho intramolecular Hbond substituents is 1. The van der Waals surface area contributed by atoms with Gasteiger partial charge in [0.15, 0.2) is 0 Å². The van der Waals surface area contributed by atoms with Crippen molar-refractivity contribution in [1.82, 2.24) is 15.2 Å². The maximum atomic E-state index is 11.8. The molecule has 0 bridgehead atoms. The van der Waals surface area contributed by atoms with E-state index in [1.54, 1.807) is 16.9 Å². The minimum absolute atomic E-state index is 0.107. The number of phenols is 1. The molecule has 6 nitrogen and oxygen atoms in total. The molecule has 0 saturated carbocycles. The molecule has 0 spiro atoms. The molecule has 2 aromatic rings. The highest BCUT2D eigenvalue weighted by molar-refractivity contribution is 9.10. The van der Waals surface area contributed by atoms with E-state index in [4.69, 9.17) is 0 Å². The number of amides is 1. The lowest BCUT2D eigenvalue weighted by molar-refractivity contribution is 0.0952. The van der Waals surface area contributed by atoms with Crippen molar-refractivity contribution >= 4 is 28.1 Å². The molecule has 2 N–H and O–H groups in total. The van der Waals surface area contributed by atoms with Gasteiger partial charge in [-0.05, 0) is 25.1 Å². The minimum Gasteiger partial charge on any atom is -0.507 e. The first kappa shape index (κ1) is 14.3. The highest BCUT2D eigenvalue weighted by Gasteiger charge is 2.10. The van der Waals surface area contributed by atoms with Crippen LogP contribution in [-0.4, -0.2) is 27.0 Å². The van der Waals surface area contributed by atoms with Crippen molar-refractivity contribution in [3.8, 4) is 5.75 Å². The number of hydrogen-bond donors (Lipinski definition) is 2. The number of hydrazone groups is 1. The van der Waals surface area contributed by atoms with E-state index in [1.165, 1.54) is 18.3 Å². The summed E-state index contributed by atoms with van der Waals surface area (Å²) in [4.78, 5) is 11.8. The molecular weight excluding hydrogens is 324 g/mol. The summed E-state index contributed by atoms with van der Waals surface area (Å²) in [5.41, 5.74) is 4.27. The summed E-state index contributed by atoms with van der Waals surface area (Å²) >= 11 is 3.21. The third-order valence-corrected chi connectivity index (χ3v) is 3.34. The summed E-state index contributed by atoms with van der Waals surface area (Å²) in [7, 11) is 1.82. The van der Waals surface area contributed by atoms with Crippen LogP contribution < -0.4 is 5.43 Å². The lowest BCUT2D eigenvalue weighted by Gasteiger charge is -2.03. The van der Waals surface area contributed by atoms with Gasteiger partial charge in [-0.15, -0.1) is 0 Å². The van der Waals surface area contributed by atoms with Gasteiger partial charge < -0.3 is 5.11 Å². The van der Waals surface area contributed by atoms with E-state index in [0.29, 0.717) is 4.47 Å². The van der Waals surface area contributed by atoms with E-state index in [1.807, 2.05) is 14.0 Å². The van der Waals surface area contributed by atoms with Crippen molar-refractivity contribution in [1.29, 1.82) is 0 Å². The van der Waals surface area contributed by atoms with Crippen LogP contribution >= 0.6 is 15.9 Å². The van der Waals surface area contributed by atoms with E-state index in [0.717, 1.165) is 11.3 Å². The smallest absolute Gasteiger partial charge is 0.275 e. The number of rotatable bonds is 3. The van der Waals surface area contributed by atoms with Crippen molar-refractivity contribution < 1.29 is 9.90 Å². The van der Waals surface area contributed by atoms with Crippen molar-refractivity contribution in [2.45, 2.75) is 6.92 Å². The molecule has 0 aliphatic carbocycles. The van der Waals surface area contributed by atoms with Crippen molar-refractivity contribution in [2.75, 3.05) is 0 Å². The maximum Gasteiger partial charge on any atom is 0.275 e. The van der Waals surface area contributed by atoms with Gasteiger partial charge in [0.1, 0.15) is 5.75 Å². The van der Waals surface area contributed by atoms with Gasteiger partial charge in [0.05, 0.1) is 18.0 Å². The Labute approximate surface area is 124 Å². The topological polar surface area (TPSA) is 79.5 Å². The molecule has 0 aliphatic heterocycles. The van der Waals surface area contributed by atoms with Gasteiger partial charge >= 0.3 is 0 Å². The van der Waals surface area contributed by atoms with Crippen LogP contribution in [0.4, 0.5) is 0 Å². The normalized spacial score (nSPS) is 10.9. The predicted molar refractivity (Wildman–Crippen MR) is 78.8 cm³/mol. The Hall–Kier alpha value is -2.15. The van der Waals surface area contributed by atoms with Gasteiger partial charge in [-0.3, -0.25) is 9.48 Å². The maximum absolute atomic E-state index is 11.8. The molecule has 2 rings (SSSR count). The summed E-state index contributed by atoms with van der Waals surface area (Å²) in [6.07, 6.45) is 3.16. The average molecular weight is 337 g/mol. The molecule has 1 amide bonds. The molecule has 0 fully saturated rings. The Bertz CT molecular complexity index is 679. The lowest BCUT2D eigenvalue weighted by Crippen LogP contribution is -2.17. The van der Waals surface area contributed by atoms with E-state index < -0.39 is 5.91 Å². The van der Waals surface area contributed by atoms with Crippen molar-refractivity contribution in [2.24, 2.45) is 12.1 Å². The zero-order valence-corrected chi connectivity index (χ0v) is 12.5. The summed E-state index contributed by atoms with van der Waals surface area (Å²) < 4.78 is 2.41. The van der Waals surface area contributed by atoms with Crippen LogP contribution in [0.3, 0.4) is 0 Å². The second-order valence-electron chi connectivity index (χ2n) is 4.17. The van der Waals surface area contributed by atoms with E-state index in [9.17, 15) is 9.90 Å². The summed E-state index contributed by atoms with van der Waals surface area (Å²) in [5, 5.41) is 17.6. The zero-order chi connectivity index (χ0) is 14.7. The molecule has 7 heteroatoms. The molecule has 1 aromatic carbocycles. The highest BCUT2D eigenvalue weighted by atomic mass is 79.9. The Morgan fingerprint density at radius 3 is 2.90 bits per heavy atom. The van der Waals surface area contributed by atoms with Gasteiger partial charge in [0.2, 0.25) is 0 Å². The first-order valence-electron chi connectivity index (χ1n) is 5.79. The molecule has 104 valence electrons. The molecule has 1 aromatic heterocycles. The molecule has 0 unspecified atom stereocenters. The Balaban J connectivity index is 2.07. The van der Waals surface area contributed by atoms with Gasteiger partial charge in [-0.25, -0.2) is 5.43 Å². The molecule has 20 heavy (non-hydrogen) atoms. The number of nitrogens with one attached hydrogen (secondary N) is 1. The van der Waals surface area contributed by atoms with Gasteiger partial charge in [-0.1, -0.05) is 15.9 Å². The number of carbonyl (C=O) groups is 1. The quantitative estimate of drug-likeness (QED) is 0.664. The number of halogens is 1. The van der Waals surface area contributed by atoms with Gasteiger partial charge in [0.25, 0.3) is 5.91 Å². The first-order chi connectivity index (χ1) is 9.49. The lowest BCUT2D eigenvalue weighted by atomic mass is 10.2. The molecule has 0 radical (unpaired) electrons. The Kier molecular flexibility index (Phi) is 4.19. The SMILES string of the molecule is Cc1c(/C=N/NC(=O)c2ccc(Br)cc2O)cnn1C. The zero-order valence-electron chi connectivity index (χ0n) is 11.0. The second kappa shape index (κ2) is 5.87. The standard InChI is InChI=1S/C13H13BrN4O2/c1-8-9(7-16-18(8)2)6-15-17-13(20)11-4-3-10(14)5-12(11)19/h3-7,19H,1-2H3,(H,17,20)/b15-6+. The minimum atomic E-state index is -0.479. The Morgan fingerprint density at radius 2 is 2.30 bits per heavy atom. The number of carbonyl (C=O) groups excluding carboxylic acids is 1. The van der Waals surface area contributed by atoms with Gasteiger partial charge in [0, 0.05) is 22.8 Å². The van der Waals surface area contributed by atoms with Crippen molar-refractivity contribution in [3.63, 3.8) is 0 Å². The number of benzene rings is 1. The average Bonchev–Trinajstić information content (AvgIpc) is 2.70. The second-order valence-corrected chi connectivity index (χ2v) is 5.09. The van der Waals surface area contributed by atoms with Gasteiger partial charge in [-0.2, -0.15) is 10.2 Å². The summed E-state index contributed by atoms with van der Waals surface area (Å²) in [6, 6.07) is 4.63. The summed E-state index contributed by atoms with van der Waals surface area (Å²) in [5.74, 6) is -0.586. The third-order valence-electron chi connectivity index (χ3n) is 2.85. The molecule has 0 atom stereocenters. The molecule has 0 saturated heterocycles. The number of aromatic hydroxyl groups is 1. The number of nitrogens with zero attached hydrogens (tertiary/aromatic N) is 3. The predicted octanol–water partition coefficient (Wildman–Crippen LogP) is 1.96. The fourth-order valence-corrected chi connectivity index (χ4v) is 1.91. The highest BCUT2D eigenvalue weighted by Crippen LogP contribution is 2.21. The number of aryl methyl sites for hydroxylation is 1. The van der Waals surface area contributed by atoms with Crippen LogP contribution in [-0.2, 0) is 7.05 Å². The molecular formula is C13H13BrN4O2. The third kappa shape index (κ3) is 3.05. The molecule has 1 heterocycles. The van der Waals surface area contributed by atoms with Crippen molar-refractivity contribution in [3.05, 3.63) is 45.7 Å². The van der Waals surface area contributed by atoms with Crippen LogP contribution in [0.1, 0.15) is 21.6 Å². The number of aromatic nitrogens is 2. The largest absolute Gasteiger partial charge is 0.507 e. The monoisotopic (exact) mass is 336 g/mol. The first-order valence-corrected chi connectivity index (χ1v) is 6.59. The van der Waals surface area contributed by atoms with E-state index in [-0.39, 0.29) is 11.3 Å². The summed E-state index contributed by atoms with van der Waals surface area (Å²) in [6.45, 7) is 1.90. The fourth-order valence-electron chi connectivity index (χ4n) is 1.56. The van der Waals surface area contributed by atoms with Crippen LogP contribution in [0.25, 0.3) is 0 Å². The van der Waals surface area contributed by atoms with E-state index in [2.05, 4.69) is 31.6 Å². The Morgan fingerprint density at radius 1 is 1.55 bits per heavy atom. The van der Waals surface area contributed by atoms with Crippen LogP contribution in [0.2, 0.25) is 0 Å². The van der Waals surface area contributed by atoms with Crippen LogP contribution in [0, 0.1) is 6.92 Å². The molecule has 0 aliphatic rings. The number of hydrogen-bond acceptors (Lipinski definition) is 4. The van der Waals surface area contributed by atoms with Crippen LogP contribution in [0.15, 0.2) is 34.0 Å². The van der Waals surface area contributed by atoms with Crippen LogP contribution in [0.5, 0.6) is 5.75 Å².